The van der Waals surface area contributed by atoms with Crippen LogP contribution in [0.25, 0.3) is 0 Å². The molecule has 1 aromatic heterocycles. The van der Waals surface area contributed by atoms with E-state index in [9.17, 15) is 9.59 Å². The van der Waals surface area contributed by atoms with Gasteiger partial charge in [-0.05, 0) is 43.2 Å². The summed E-state index contributed by atoms with van der Waals surface area (Å²) in [6, 6.07) is 6.04. The second-order valence-electron chi connectivity index (χ2n) is 7.63. The van der Waals surface area contributed by atoms with Crippen molar-refractivity contribution in [1.82, 2.24) is 5.16 Å². The molecular weight excluding hydrogens is 356 g/mol. The predicted molar refractivity (Wildman–Crippen MR) is 109 cm³/mol. The van der Waals surface area contributed by atoms with Crippen LogP contribution in [-0.4, -0.2) is 23.6 Å². The van der Waals surface area contributed by atoms with Crippen LogP contribution in [0, 0.1) is 13.8 Å². The zero-order valence-electron chi connectivity index (χ0n) is 17.6. The van der Waals surface area contributed by atoms with Gasteiger partial charge in [0.25, 0.3) is 5.91 Å². The topological polar surface area (TPSA) is 81.4 Å². The molecule has 0 spiro atoms. The van der Waals surface area contributed by atoms with Crippen LogP contribution in [0.2, 0.25) is 0 Å². The van der Waals surface area contributed by atoms with Crippen molar-refractivity contribution in [1.29, 1.82) is 0 Å². The van der Waals surface area contributed by atoms with Gasteiger partial charge in [0.15, 0.2) is 6.61 Å². The fourth-order valence-electron chi connectivity index (χ4n) is 3.17. The molecule has 1 heterocycles. The van der Waals surface area contributed by atoms with E-state index < -0.39 is 5.97 Å². The van der Waals surface area contributed by atoms with Crippen molar-refractivity contribution in [3.8, 4) is 0 Å². The van der Waals surface area contributed by atoms with Crippen molar-refractivity contribution in [3.63, 3.8) is 0 Å². The molecule has 2 aromatic rings. The fourth-order valence-corrected chi connectivity index (χ4v) is 3.17. The normalized spacial score (nSPS) is 11.1. The van der Waals surface area contributed by atoms with Crippen molar-refractivity contribution in [2.45, 2.75) is 66.2 Å². The van der Waals surface area contributed by atoms with Crippen LogP contribution in [0.15, 0.2) is 22.7 Å². The van der Waals surface area contributed by atoms with Gasteiger partial charge in [0.2, 0.25) is 0 Å². The minimum Gasteiger partial charge on any atom is -0.456 e. The molecule has 0 fully saturated rings. The average molecular weight is 386 g/mol. The van der Waals surface area contributed by atoms with Gasteiger partial charge in [-0.1, -0.05) is 51.1 Å². The molecule has 0 saturated carbocycles. The van der Waals surface area contributed by atoms with Crippen LogP contribution in [0.5, 0.6) is 0 Å². The molecule has 152 valence electrons. The van der Waals surface area contributed by atoms with Crippen LogP contribution in [0.4, 0.5) is 5.69 Å². The Labute approximate surface area is 166 Å². The highest BCUT2D eigenvalue weighted by atomic mass is 16.5. The first kappa shape index (κ1) is 21.7. The van der Waals surface area contributed by atoms with Crippen molar-refractivity contribution in [2.75, 3.05) is 11.9 Å². The highest BCUT2D eigenvalue weighted by Crippen LogP contribution is 2.32. The van der Waals surface area contributed by atoms with Crippen LogP contribution >= 0.6 is 0 Å². The number of amides is 1. The number of aryl methyl sites for hydroxylation is 2. The van der Waals surface area contributed by atoms with Crippen molar-refractivity contribution in [3.05, 3.63) is 46.3 Å². The second kappa shape index (κ2) is 9.53. The molecule has 0 bridgehead atoms. The van der Waals surface area contributed by atoms with E-state index in [-0.39, 0.29) is 30.8 Å². The van der Waals surface area contributed by atoms with E-state index >= 15 is 0 Å². The van der Waals surface area contributed by atoms with E-state index in [0.717, 1.165) is 28.1 Å². The van der Waals surface area contributed by atoms with E-state index in [0.29, 0.717) is 12.2 Å². The number of nitrogens with one attached hydrogen (secondary N) is 1. The maximum atomic E-state index is 12.4. The van der Waals surface area contributed by atoms with Crippen LogP contribution in [-0.2, 0) is 20.7 Å². The summed E-state index contributed by atoms with van der Waals surface area (Å²) in [6.45, 7) is 11.7. The average Bonchev–Trinajstić information content (AvgIpc) is 2.95. The van der Waals surface area contributed by atoms with Gasteiger partial charge in [-0.2, -0.15) is 0 Å². The van der Waals surface area contributed by atoms with E-state index in [1.54, 1.807) is 0 Å². The maximum absolute atomic E-state index is 12.4. The van der Waals surface area contributed by atoms with Crippen molar-refractivity contribution >= 4 is 17.6 Å². The number of carbonyl (C=O) groups excluding carboxylic acids is 2. The Hall–Kier alpha value is -2.63. The first-order valence-corrected chi connectivity index (χ1v) is 9.70. The van der Waals surface area contributed by atoms with E-state index in [4.69, 9.17) is 9.26 Å². The van der Waals surface area contributed by atoms with E-state index in [1.807, 2.05) is 32.0 Å². The number of esters is 1. The summed E-state index contributed by atoms with van der Waals surface area (Å²) in [5.41, 5.74) is 4.65. The Morgan fingerprint density at radius 3 is 2.21 bits per heavy atom. The number of benzene rings is 1. The Bertz CT molecular complexity index is 791. The smallest absolute Gasteiger partial charge is 0.306 e. The molecular formula is C22H30N2O4. The summed E-state index contributed by atoms with van der Waals surface area (Å²) in [6.07, 6.45) is 0.658. The Morgan fingerprint density at radius 1 is 1.11 bits per heavy atom. The minimum atomic E-state index is -0.420. The molecule has 0 saturated heterocycles. The van der Waals surface area contributed by atoms with Crippen LogP contribution in [0.1, 0.15) is 74.1 Å². The quantitative estimate of drug-likeness (QED) is 0.668. The van der Waals surface area contributed by atoms with Gasteiger partial charge in [-0.25, -0.2) is 0 Å². The summed E-state index contributed by atoms with van der Waals surface area (Å²) in [4.78, 5) is 24.4. The van der Waals surface area contributed by atoms with E-state index in [1.165, 1.54) is 0 Å². The Morgan fingerprint density at radius 2 is 1.71 bits per heavy atom. The molecule has 0 atom stereocenters. The van der Waals surface area contributed by atoms with Gasteiger partial charge in [-0.3, -0.25) is 9.59 Å². The van der Waals surface area contributed by atoms with Gasteiger partial charge in [-0.15, -0.1) is 0 Å². The SMILES string of the molecule is Cc1noc(C)c1CCC(=O)OCC(=O)Nc1c(C(C)C)cccc1C(C)C. The molecule has 0 aliphatic heterocycles. The molecule has 0 aliphatic rings. The van der Waals surface area contributed by atoms with Crippen LogP contribution < -0.4 is 5.32 Å². The Kier molecular flexibility index (Phi) is 7.38. The van der Waals surface area contributed by atoms with Gasteiger partial charge in [0.05, 0.1) is 5.69 Å². The zero-order valence-corrected chi connectivity index (χ0v) is 17.6. The predicted octanol–water partition coefficient (Wildman–Crippen LogP) is 4.65. The van der Waals surface area contributed by atoms with Gasteiger partial charge in [0, 0.05) is 17.7 Å². The lowest BCUT2D eigenvalue weighted by atomic mass is 9.92. The molecule has 0 radical (unpaired) electrons. The molecule has 1 aromatic carbocycles. The number of para-hydroxylation sites is 1. The molecule has 6 heteroatoms. The number of aromatic nitrogens is 1. The third-order valence-corrected chi connectivity index (χ3v) is 4.76. The molecule has 28 heavy (non-hydrogen) atoms. The third kappa shape index (κ3) is 5.44. The van der Waals surface area contributed by atoms with Crippen molar-refractivity contribution < 1.29 is 18.8 Å². The van der Waals surface area contributed by atoms with Gasteiger partial charge < -0.3 is 14.6 Å². The van der Waals surface area contributed by atoms with Gasteiger partial charge >= 0.3 is 5.97 Å². The second-order valence-corrected chi connectivity index (χ2v) is 7.63. The lowest BCUT2D eigenvalue weighted by Gasteiger charge is -2.20. The summed E-state index contributed by atoms with van der Waals surface area (Å²) in [5, 5.41) is 6.81. The number of ether oxygens (including phenoxy) is 1. The standard InChI is InChI=1S/C22H30N2O4/c1-13(2)17-8-7-9-18(14(3)4)22(17)23-20(25)12-27-21(26)11-10-19-15(5)24-28-16(19)6/h7-9,13-14H,10-12H2,1-6H3,(H,23,25). The number of hydrogen-bond donors (Lipinski definition) is 1. The highest BCUT2D eigenvalue weighted by molar-refractivity contribution is 5.94. The molecule has 0 aliphatic carbocycles. The molecule has 2 rings (SSSR count). The number of rotatable bonds is 8. The summed E-state index contributed by atoms with van der Waals surface area (Å²) >= 11 is 0. The number of nitrogens with zero attached hydrogens (tertiary/aromatic N) is 1. The molecule has 1 amide bonds. The van der Waals surface area contributed by atoms with E-state index in [2.05, 4.69) is 38.2 Å². The van der Waals surface area contributed by atoms with Crippen LogP contribution in [0.3, 0.4) is 0 Å². The number of anilines is 1. The number of carbonyl (C=O) groups is 2. The monoisotopic (exact) mass is 386 g/mol. The zero-order chi connectivity index (χ0) is 20.8. The third-order valence-electron chi connectivity index (χ3n) is 4.76. The molecule has 6 nitrogen and oxygen atoms in total. The molecule has 1 N–H and O–H groups in total. The fraction of sp³-hybridized carbons (Fsp3) is 0.500. The minimum absolute atomic E-state index is 0.177. The summed E-state index contributed by atoms with van der Waals surface area (Å²) in [7, 11) is 0. The highest BCUT2D eigenvalue weighted by Gasteiger charge is 2.17. The van der Waals surface area contributed by atoms with Crippen molar-refractivity contribution in [2.24, 2.45) is 0 Å². The maximum Gasteiger partial charge on any atom is 0.306 e. The summed E-state index contributed by atoms with van der Waals surface area (Å²) in [5.74, 6) is 0.491. The first-order valence-electron chi connectivity index (χ1n) is 9.70. The lowest BCUT2D eigenvalue weighted by Crippen LogP contribution is -2.23. The van der Waals surface area contributed by atoms with Gasteiger partial charge in [0.1, 0.15) is 5.76 Å². The molecule has 0 unspecified atom stereocenters. The Balaban J connectivity index is 1.94. The first-order chi connectivity index (χ1) is 13.2. The largest absolute Gasteiger partial charge is 0.456 e. The number of hydrogen-bond acceptors (Lipinski definition) is 5. The lowest BCUT2D eigenvalue weighted by molar-refractivity contribution is -0.147. The summed E-state index contributed by atoms with van der Waals surface area (Å²) < 4.78 is 10.2.